The van der Waals surface area contributed by atoms with Crippen molar-refractivity contribution in [3.8, 4) is 0 Å². The van der Waals surface area contributed by atoms with Crippen molar-refractivity contribution in [1.82, 2.24) is 19.6 Å². The van der Waals surface area contributed by atoms with E-state index in [-0.39, 0.29) is 17.7 Å². The maximum absolute atomic E-state index is 13.1. The Morgan fingerprint density at radius 2 is 1.88 bits per heavy atom. The second kappa shape index (κ2) is 8.27. The second-order valence-corrected chi connectivity index (χ2v) is 9.01. The third-order valence-corrected chi connectivity index (χ3v) is 6.79. The average molecular weight is 445 g/mol. The number of nitrogens with two attached hydrogens (primary N) is 1. The molecule has 0 spiro atoms. The number of carbonyl (C=O) groups excluding carboxylic acids is 1. The Morgan fingerprint density at radius 1 is 1.12 bits per heavy atom. The van der Waals surface area contributed by atoms with Crippen molar-refractivity contribution in [3.63, 3.8) is 0 Å². The highest BCUT2D eigenvalue weighted by atomic mass is 32.2. The monoisotopic (exact) mass is 444 g/mol. The highest BCUT2D eigenvalue weighted by Gasteiger charge is 2.30. The third kappa shape index (κ3) is 3.60. The summed E-state index contributed by atoms with van der Waals surface area (Å²) in [6.07, 6.45) is 1.56. The molecule has 2 aromatic carbocycles. The molecule has 162 valence electrons. The molecule has 2 N–H and O–H groups in total. The van der Waals surface area contributed by atoms with Gasteiger partial charge in [-0.2, -0.15) is 0 Å². The van der Waals surface area contributed by atoms with Crippen LogP contribution in [-0.2, 0) is 17.6 Å². The Kier molecular flexibility index (Phi) is 5.30. The first-order chi connectivity index (χ1) is 15.5. The Hall–Kier alpha value is -3.39. The number of aryl methyl sites for hydroxylation is 1. The first kappa shape index (κ1) is 20.5. The average Bonchev–Trinajstić information content (AvgIpc) is 3.36. The van der Waals surface area contributed by atoms with Crippen LogP contribution in [0.2, 0.25) is 0 Å². The number of benzene rings is 2. The molecule has 7 nitrogen and oxygen atoms in total. The maximum Gasteiger partial charge on any atom is 0.237 e. The number of thioether (sulfide) groups is 1. The van der Waals surface area contributed by atoms with E-state index in [9.17, 15) is 4.79 Å². The lowest BCUT2D eigenvalue weighted by atomic mass is 10.0. The summed E-state index contributed by atoms with van der Waals surface area (Å²) in [5.74, 6) is 0.627. The summed E-state index contributed by atoms with van der Waals surface area (Å²) in [5.41, 5.74) is 12.1. The largest absolute Gasteiger partial charge is 0.369 e. The first-order valence-corrected chi connectivity index (χ1v) is 11.6. The number of carbonyl (C=O) groups is 1. The van der Waals surface area contributed by atoms with Gasteiger partial charge in [-0.15, -0.1) is 10.2 Å². The number of rotatable bonds is 5. The van der Waals surface area contributed by atoms with E-state index in [2.05, 4.69) is 40.3 Å². The first-order valence-electron chi connectivity index (χ1n) is 10.6. The van der Waals surface area contributed by atoms with Gasteiger partial charge in [-0.3, -0.25) is 4.79 Å². The Labute approximate surface area is 190 Å². The molecule has 0 unspecified atom stereocenters. The fourth-order valence-corrected chi connectivity index (χ4v) is 5.16. The summed E-state index contributed by atoms with van der Waals surface area (Å²) in [7, 11) is 0. The summed E-state index contributed by atoms with van der Waals surface area (Å²) >= 11 is 1.34. The molecule has 1 atom stereocenters. The van der Waals surface area contributed by atoms with Gasteiger partial charge in [0.1, 0.15) is 0 Å². The number of aromatic nitrogens is 4. The van der Waals surface area contributed by atoms with Crippen LogP contribution in [0.1, 0.15) is 29.3 Å². The zero-order valence-electron chi connectivity index (χ0n) is 18.0. The van der Waals surface area contributed by atoms with Gasteiger partial charge < -0.3 is 10.6 Å². The number of fused-ring (bicyclic) bond motifs is 2. The normalized spacial score (nSPS) is 15.3. The van der Waals surface area contributed by atoms with Crippen molar-refractivity contribution in [2.45, 2.75) is 37.9 Å². The molecular formula is C24H24N6OS. The number of hydrogen-bond donors (Lipinski definition) is 1. The van der Waals surface area contributed by atoms with E-state index >= 15 is 0 Å². The molecular weight excluding hydrogens is 420 g/mol. The number of amides is 1. The summed E-state index contributed by atoms with van der Waals surface area (Å²) in [5, 5.41) is 9.33. The molecule has 0 saturated carbocycles. The summed E-state index contributed by atoms with van der Waals surface area (Å²) in [6.45, 7) is 4.02. The van der Waals surface area contributed by atoms with E-state index in [1.807, 2.05) is 48.2 Å². The number of nitrogen functional groups attached to an aromatic ring is 1. The molecule has 0 fully saturated rings. The predicted molar refractivity (Wildman–Crippen MR) is 127 cm³/mol. The highest BCUT2D eigenvalue weighted by molar-refractivity contribution is 7.99. The van der Waals surface area contributed by atoms with Gasteiger partial charge in [0.15, 0.2) is 10.8 Å². The highest BCUT2D eigenvalue weighted by Crippen LogP contribution is 2.33. The fourth-order valence-electron chi connectivity index (χ4n) is 4.36. The third-order valence-electron chi connectivity index (χ3n) is 5.88. The Bertz CT molecular complexity index is 1300. The standard InChI is InChI=1S/C24H24N6OS/c1-15-12-18-10-6-7-11-20(18)29(15)21(31)14-32-24-28-27-22-19(13-17-8-4-3-5-9-17)16(2)26-23(25)30(22)24/h3-11,15H,12-14H2,1-2H3,(H2,25,26)/t15-/m1/s1. The second-order valence-electron chi connectivity index (χ2n) is 8.07. The quantitative estimate of drug-likeness (QED) is 0.473. The van der Waals surface area contributed by atoms with Gasteiger partial charge in [-0.1, -0.05) is 60.3 Å². The minimum Gasteiger partial charge on any atom is -0.369 e. The van der Waals surface area contributed by atoms with Crippen LogP contribution in [0.5, 0.6) is 0 Å². The Morgan fingerprint density at radius 3 is 2.69 bits per heavy atom. The van der Waals surface area contributed by atoms with Crippen LogP contribution < -0.4 is 10.6 Å². The van der Waals surface area contributed by atoms with Crippen LogP contribution in [0, 0.1) is 6.92 Å². The van der Waals surface area contributed by atoms with Gasteiger partial charge >= 0.3 is 0 Å². The van der Waals surface area contributed by atoms with Crippen molar-refractivity contribution < 1.29 is 4.79 Å². The molecule has 0 bridgehead atoms. The number of nitrogens with zero attached hydrogens (tertiary/aromatic N) is 5. The van der Waals surface area contributed by atoms with Crippen molar-refractivity contribution in [3.05, 3.63) is 77.0 Å². The molecule has 0 radical (unpaired) electrons. The molecule has 0 saturated heterocycles. The summed E-state index contributed by atoms with van der Waals surface area (Å²) < 4.78 is 1.75. The van der Waals surface area contributed by atoms with Crippen LogP contribution in [-0.4, -0.2) is 37.3 Å². The van der Waals surface area contributed by atoms with Crippen molar-refractivity contribution in [2.24, 2.45) is 0 Å². The van der Waals surface area contributed by atoms with Crippen molar-refractivity contribution in [1.29, 1.82) is 0 Å². The van der Waals surface area contributed by atoms with E-state index in [1.54, 1.807) is 4.40 Å². The molecule has 4 aromatic rings. The van der Waals surface area contributed by atoms with Gasteiger partial charge in [0.2, 0.25) is 11.9 Å². The summed E-state index contributed by atoms with van der Waals surface area (Å²) in [4.78, 5) is 19.5. The van der Waals surface area contributed by atoms with Crippen LogP contribution in [0.3, 0.4) is 0 Å². The zero-order valence-corrected chi connectivity index (χ0v) is 18.8. The van der Waals surface area contributed by atoms with E-state index < -0.39 is 0 Å². The van der Waals surface area contributed by atoms with Crippen molar-refractivity contribution in [2.75, 3.05) is 16.4 Å². The van der Waals surface area contributed by atoms with Crippen LogP contribution >= 0.6 is 11.8 Å². The van der Waals surface area contributed by atoms with E-state index in [0.29, 0.717) is 23.2 Å². The molecule has 0 aliphatic carbocycles. The van der Waals surface area contributed by atoms with E-state index in [0.717, 1.165) is 28.9 Å². The number of para-hydroxylation sites is 1. The maximum atomic E-state index is 13.1. The minimum absolute atomic E-state index is 0.0485. The number of hydrogen-bond acceptors (Lipinski definition) is 6. The Balaban J connectivity index is 1.41. The minimum atomic E-state index is 0.0485. The van der Waals surface area contributed by atoms with E-state index in [1.165, 1.54) is 17.3 Å². The van der Waals surface area contributed by atoms with Gasteiger partial charge in [0.05, 0.1) is 5.75 Å². The lowest BCUT2D eigenvalue weighted by molar-refractivity contribution is -0.116. The van der Waals surface area contributed by atoms with Gasteiger partial charge in [-0.25, -0.2) is 9.38 Å². The van der Waals surface area contributed by atoms with Crippen LogP contribution in [0.25, 0.3) is 5.65 Å². The van der Waals surface area contributed by atoms with Gasteiger partial charge in [0.25, 0.3) is 0 Å². The van der Waals surface area contributed by atoms with Crippen molar-refractivity contribution >= 4 is 35.0 Å². The predicted octanol–water partition coefficient (Wildman–Crippen LogP) is 3.68. The lowest BCUT2D eigenvalue weighted by Crippen LogP contribution is -2.37. The smallest absolute Gasteiger partial charge is 0.237 e. The molecule has 32 heavy (non-hydrogen) atoms. The molecule has 1 aliphatic heterocycles. The van der Waals surface area contributed by atoms with Gasteiger partial charge in [0, 0.05) is 29.4 Å². The number of anilines is 2. The fraction of sp³-hybridized carbons (Fsp3) is 0.250. The molecule has 1 amide bonds. The SMILES string of the molecule is Cc1nc(N)n2c(SCC(=O)N3c4ccccc4C[C@H]3C)nnc2c1Cc1ccccc1. The van der Waals surface area contributed by atoms with Gasteiger partial charge in [-0.05, 0) is 37.5 Å². The zero-order chi connectivity index (χ0) is 22.2. The van der Waals surface area contributed by atoms with Crippen LogP contribution in [0.4, 0.5) is 11.6 Å². The molecule has 8 heteroatoms. The topological polar surface area (TPSA) is 89.4 Å². The molecule has 1 aliphatic rings. The molecule has 5 rings (SSSR count). The lowest BCUT2D eigenvalue weighted by Gasteiger charge is -2.22. The molecule has 2 aromatic heterocycles. The summed E-state index contributed by atoms with van der Waals surface area (Å²) in [6, 6.07) is 18.4. The van der Waals surface area contributed by atoms with Crippen LogP contribution in [0.15, 0.2) is 59.8 Å². The van der Waals surface area contributed by atoms with E-state index in [4.69, 9.17) is 5.73 Å². The molecule has 3 heterocycles.